The molecule has 0 saturated carbocycles. The van der Waals surface area contributed by atoms with Crippen molar-refractivity contribution >= 4 is 11.9 Å². The summed E-state index contributed by atoms with van der Waals surface area (Å²) in [5.41, 5.74) is 3.16. The van der Waals surface area contributed by atoms with Gasteiger partial charge in [0, 0.05) is 44.4 Å². The van der Waals surface area contributed by atoms with Crippen LogP contribution in [-0.4, -0.2) is 68.7 Å². The van der Waals surface area contributed by atoms with Crippen molar-refractivity contribution in [3.05, 3.63) is 53.1 Å². The Labute approximate surface area is 184 Å². The number of fused-ring (bicyclic) bond motifs is 1. The van der Waals surface area contributed by atoms with E-state index in [0.29, 0.717) is 0 Å². The predicted molar refractivity (Wildman–Crippen MR) is 111 cm³/mol. The first-order valence-electron chi connectivity index (χ1n) is 10.6. The van der Waals surface area contributed by atoms with E-state index in [-0.39, 0.29) is 5.91 Å². The first-order valence-corrected chi connectivity index (χ1v) is 10.6. The summed E-state index contributed by atoms with van der Waals surface area (Å²) >= 11 is 0. The quantitative estimate of drug-likeness (QED) is 0.774. The van der Waals surface area contributed by atoms with E-state index in [1.165, 1.54) is 31.6 Å². The van der Waals surface area contributed by atoms with E-state index in [1.807, 2.05) is 42.3 Å². The molecule has 7 nitrogen and oxygen atoms in total. The zero-order valence-corrected chi connectivity index (χ0v) is 17.9. The molecule has 174 valence electrons. The summed E-state index contributed by atoms with van der Waals surface area (Å²) in [6.07, 6.45) is 0.392. The number of hydrogen-bond acceptors (Lipinski definition) is 4. The average Bonchev–Trinajstić information content (AvgIpc) is 3.33. The van der Waals surface area contributed by atoms with Gasteiger partial charge < -0.3 is 14.6 Å². The summed E-state index contributed by atoms with van der Waals surface area (Å²) in [5.74, 6) is -1.49. The molecule has 0 aliphatic carbocycles. The maximum absolute atomic E-state index is 12.9. The minimum atomic E-state index is -5.08. The summed E-state index contributed by atoms with van der Waals surface area (Å²) < 4.78 is 34.1. The van der Waals surface area contributed by atoms with Gasteiger partial charge >= 0.3 is 12.1 Å². The number of benzene rings is 1. The molecule has 1 aromatic carbocycles. The van der Waals surface area contributed by atoms with Gasteiger partial charge in [0.1, 0.15) is 5.82 Å². The molecule has 0 radical (unpaired) electrons. The van der Waals surface area contributed by atoms with Crippen molar-refractivity contribution in [1.29, 1.82) is 0 Å². The van der Waals surface area contributed by atoms with Gasteiger partial charge in [-0.05, 0) is 44.5 Å². The van der Waals surface area contributed by atoms with Crippen LogP contribution < -0.4 is 0 Å². The lowest BCUT2D eigenvalue weighted by molar-refractivity contribution is -0.192. The lowest BCUT2D eigenvalue weighted by Gasteiger charge is -2.21. The van der Waals surface area contributed by atoms with Crippen LogP contribution in [0.4, 0.5) is 13.2 Å². The van der Waals surface area contributed by atoms with Gasteiger partial charge in [-0.15, -0.1) is 0 Å². The first-order chi connectivity index (χ1) is 15.2. The second kappa shape index (κ2) is 10.2. The Kier molecular flexibility index (Phi) is 7.55. The van der Waals surface area contributed by atoms with Crippen molar-refractivity contribution in [2.75, 3.05) is 26.2 Å². The number of carboxylic acid groups (broad SMARTS) is 1. The van der Waals surface area contributed by atoms with Crippen LogP contribution in [0.5, 0.6) is 0 Å². The SMILES string of the molecule is Cc1ccccc1C(=O)N1CCc2ncc(CN3CCCC3)n2CC1.O=C(O)C(F)(F)F. The third-order valence-electron chi connectivity index (χ3n) is 5.71. The highest BCUT2D eigenvalue weighted by Crippen LogP contribution is 2.18. The number of rotatable bonds is 3. The maximum atomic E-state index is 12.9. The molecule has 2 aliphatic heterocycles. The number of aryl methyl sites for hydroxylation is 1. The fourth-order valence-corrected chi connectivity index (χ4v) is 3.98. The third-order valence-corrected chi connectivity index (χ3v) is 5.71. The van der Waals surface area contributed by atoms with Gasteiger partial charge in [0.05, 0.1) is 5.69 Å². The lowest BCUT2D eigenvalue weighted by atomic mass is 10.1. The Bertz CT molecular complexity index is 952. The molecule has 1 N–H and O–H groups in total. The highest BCUT2D eigenvalue weighted by Gasteiger charge is 2.38. The predicted octanol–water partition coefficient (Wildman–Crippen LogP) is 3.12. The number of carboxylic acids is 1. The molecule has 1 amide bonds. The summed E-state index contributed by atoms with van der Waals surface area (Å²) in [6, 6.07) is 7.86. The van der Waals surface area contributed by atoms with Gasteiger partial charge in [-0.3, -0.25) is 9.69 Å². The normalized spacial score (nSPS) is 16.7. The first kappa shape index (κ1) is 23.8. The number of carbonyl (C=O) groups is 2. The second-order valence-electron chi connectivity index (χ2n) is 7.96. The number of amides is 1. The number of alkyl halides is 3. The molecule has 4 rings (SSSR count). The Hall–Kier alpha value is -2.88. The number of aromatic nitrogens is 2. The maximum Gasteiger partial charge on any atom is 0.490 e. The van der Waals surface area contributed by atoms with E-state index in [9.17, 15) is 18.0 Å². The number of aliphatic carboxylic acids is 1. The smallest absolute Gasteiger partial charge is 0.475 e. The molecule has 32 heavy (non-hydrogen) atoms. The van der Waals surface area contributed by atoms with Gasteiger partial charge in [-0.25, -0.2) is 9.78 Å². The molecule has 1 aromatic heterocycles. The summed E-state index contributed by atoms with van der Waals surface area (Å²) in [4.78, 5) is 30.9. The van der Waals surface area contributed by atoms with Crippen LogP contribution in [0.25, 0.3) is 0 Å². The molecular weight excluding hydrogens is 425 g/mol. The standard InChI is InChI=1S/C20H26N4O.C2HF3O2/c1-16-6-2-3-7-18(16)20(25)23-11-8-19-21-14-17(24(19)13-12-23)15-22-9-4-5-10-22;3-2(4,5)1(6)7/h2-3,6-7,14H,4-5,8-13,15H2,1H3;(H,6,7). The van der Waals surface area contributed by atoms with Crippen LogP contribution in [0.2, 0.25) is 0 Å². The van der Waals surface area contributed by atoms with E-state index in [2.05, 4.69) is 14.5 Å². The van der Waals surface area contributed by atoms with Crippen molar-refractivity contribution in [3.63, 3.8) is 0 Å². The number of hydrogen-bond donors (Lipinski definition) is 1. The molecule has 2 aromatic rings. The monoisotopic (exact) mass is 452 g/mol. The number of nitrogens with zero attached hydrogens (tertiary/aromatic N) is 4. The second-order valence-corrected chi connectivity index (χ2v) is 7.96. The highest BCUT2D eigenvalue weighted by atomic mass is 19.4. The highest BCUT2D eigenvalue weighted by molar-refractivity contribution is 5.95. The fourth-order valence-electron chi connectivity index (χ4n) is 3.98. The molecule has 10 heteroatoms. The van der Waals surface area contributed by atoms with Crippen LogP contribution >= 0.6 is 0 Å². The van der Waals surface area contributed by atoms with Gasteiger partial charge in [0.15, 0.2) is 0 Å². The Morgan fingerprint density at radius 1 is 1.06 bits per heavy atom. The van der Waals surface area contributed by atoms with E-state index < -0.39 is 12.1 Å². The van der Waals surface area contributed by atoms with Crippen LogP contribution in [0, 0.1) is 6.92 Å². The molecular formula is C22H27F3N4O3. The lowest BCUT2D eigenvalue weighted by Crippen LogP contribution is -2.34. The molecule has 2 aliphatic rings. The fraction of sp³-hybridized carbons (Fsp3) is 0.500. The van der Waals surface area contributed by atoms with E-state index in [4.69, 9.17) is 9.90 Å². The van der Waals surface area contributed by atoms with Crippen molar-refractivity contribution in [2.24, 2.45) is 0 Å². The Balaban J connectivity index is 0.000000360. The van der Waals surface area contributed by atoms with Crippen molar-refractivity contribution in [3.8, 4) is 0 Å². The topological polar surface area (TPSA) is 78.7 Å². The Morgan fingerprint density at radius 3 is 2.34 bits per heavy atom. The van der Waals surface area contributed by atoms with Crippen LogP contribution in [-0.2, 0) is 24.3 Å². The van der Waals surface area contributed by atoms with Crippen molar-refractivity contribution in [2.45, 2.75) is 45.5 Å². The van der Waals surface area contributed by atoms with Crippen molar-refractivity contribution in [1.82, 2.24) is 19.4 Å². The number of likely N-dealkylation sites (tertiary alicyclic amines) is 1. The van der Waals surface area contributed by atoms with Gasteiger partial charge in [-0.2, -0.15) is 13.2 Å². The molecule has 0 unspecified atom stereocenters. The minimum absolute atomic E-state index is 0.143. The molecule has 1 saturated heterocycles. The molecule has 1 fully saturated rings. The molecule has 0 spiro atoms. The summed E-state index contributed by atoms with van der Waals surface area (Å²) in [6.45, 7) is 7.72. The van der Waals surface area contributed by atoms with E-state index in [1.54, 1.807) is 0 Å². The Morgan fingerprint density at radius 2 is 1.72 bits per heavy atom. The van der Waals surface area contributed by atoms with Gasteiger partial charge in [-0.1, -0.05) is 18.2 Å². The van der Waals surface area contributed by atoms with Crippen molar-refractivity contribution < 1.29 is 27.9 Å². The molecule has 3 heterocycles. The van der Waals surface area contributed by atoms with Crippen LogP contribution in [0.3, 0.4) is 0 Å². The minimum Gasteiger partial charge on any atom is -0.475 e. The van der Waals surface area contributed by atoms with Crippen LogP contribution in [0.1, 0.15) is 40.3 Å². The van der Waals surface area contributed by atoms with Gasteiger partial charge in [0.25, 0.3) is 5.91 Å². The number of carbonyl (C=O) groups excluding carboxylic acids is 1. The number of halogens is 3. The zero-order chi connectivity index (χ0) is 23.3. The van der Waals surface area contributed by atoms with Crippen LogP contribution in [0.15, 0.2) is 30.5 Å². The van der Waals surface area contributed by atoms with Gasteiger partial charge in [0.2, 0.25) is 0 Å². The van der Waals surface area contributed by atoms with E-state index in [0.717, 1.165) is 49.6 Å². The third kappa shape index (κ3) is 5.87. The average molecular weight is 452 g/mol. The molecule has 0 atom stereocenters. The van der Waals surface area contributed by atoms with E-state index >= 15 is 0 Å². The number of imidazole rings is 1. The largest absolute Gasteiger partial charge is 0.490 e. The zero-order valence-electron chi connectivity index (χ0n) is 17.9. The summed E-state index contributed by atoms with van der Waals surface area (Å²) in [7, 11) is 0. The molecule has 0 bridgehead atoms. The summed E-state index contributed by atoms with van der Waals surface area (Å²) in [5, 5.41) is 7.12.